The van der Waals surface area contributed by atoms with Crippen molar-refractivity contribution in [3.05, 3.63) is 48.0 Å². The van der Waals surface area contributed by atoms with Gasteiger partial charge < -0.3 is 14.8 Å². The van der Waals surface area contributed by atoms with Crippen LogP contribution in [0.2, 0.25) is 0 Å². The van der Waals surface area contributed by atoms with E-state index in [1.807, 2.05) is 0 Å². The lowest BCUT2D eigenvalue weighted by Crippen LogP contribution is -2.30. The van der Waals surface area contributed by atoms with Crippen LogP contribution < -0.4 is 19.5 Å². The molecular formula is C16H13F3N2O5S. The van der Waals surface area contributed by atoms with Crippen molar-refractivity contribution in [2.24, 2.45) is 0 Å². The molecule has 0 radical (unpaired) electrons. The molecule has 1 aliphatic rings. The molecule has 1 aliphatic heterocycles. The summed E-state index contributed by atoms with van der Waals surface area (Å²) in [6, 6.07) is 9.29. The molecule has 0 aromatic heterocycles. The summed E-state index contributed by atoms with van der Waals surface area (Å²) in [5, 5.41) is 1.64. The van der Waals surface area contributed by atoms with Crippen LogP contribution in [-0.2, 0) is 21.4 Å². The van der Waals surface area contributed by atoms with Crippen LogP contribution >= 0.6 is 0 Å². The molecule has 3 rings (SSSR count). The van der Waals surface area contributed by atoms with Crippen molar-refractivity contribution in [2.75, 3.05) is 12.1 Å². The maximum absolute atomic E-state index is 12.3. The second-order valence-corrected chi connectivity index (χ2v) is 7.26. The van der Waals surface area contributed by atoms with Gasteiger partial charge in [-0.2, -0.15) is 13.2 Å². The van der Waals surface area contributed by atoms with Crippen molar-refractivity contribution in [1.29, 1.82) is 0 Å². The van der Waals surface area contributed by atoms with Gasteiger partial charge in [0.15, 0.2) is 11.5 Å². The van der Waals surface area contributed by atoms with E-state index < -0.39 is 22.1 Å². The number of halogens is 3. The summed E-state index contributed by atoms with van der Waals surface area (Å²) in [7, 11) is -3.90. The number of hydrogen-bond donors (Lipinski definition) is 2. The molecule has 7 nitrogen and oxygen atoms in total. The maximum Gasteiger partial charge on any atom is 0.471 e. The van der Waals surface area contributed by atoms with Gasteiger partial charge in [0.1, 0.15) is 0 Å². The molecule has 0 saturated heterocycles. The van der Waals surface area contributed by atoms with Crippen molar-refractivity contribution < 1.29 is 35.9 Å². The Balaban J connectivity index is 1.65. The van der Waals surface area contributed by atoms with Crippen LogP contribution in [0.5, 0.6) is 11.5 Å². The van der Waals surface area contributed by atoms with Crippen molar-refractivity contribution in [2.45, 2.75) is 17.6 Å². The largest absolute Gasteiger partial charge is 0.471 e. The van der Waals surface area contributed by atoms with Gasteiger partial charge in [0.2, 0.25) is 16.8 Å². The zero-order chi connectivity index (χ0) is 19.7. The zero-order valence-electron chi connectivity index (χ0n) is 13.5. The van der Waals surface area contributed by atoms with Gasteiger partial charge in [0, 0.05) is 12.2 Å². The first-order chi connectivity index (χ1) is 12.6. The van der Waals surface area contributed by atoms with E-state index in [0.717, 1.165) is 24.3 Å². The summed E-state index contributed by atoms with van der Waals surface area (Å²) >= 11 is 0. The highest BCUT2D eigenvalue weighted by molar-refractivity contribution is 7.89. The van der Waals surface area contributed by atoms with Crippen LogP contribution in [0.4, 0.5) is 18.9 Å². The van der Waals surface area contributed by atoms with Crippen LogP contribution in [0.3, 0.4) is 0 Å². The molecule has 0 unspecified atom stereocenters. The number of ether oxygens (including phenoxy) is 2. The molecule has 27 heavy (non-hydrogen) atoms. The van der Waals surface area contributed by atoms with Crippen molar-refractivity contribution in [3.8, 4) is 11.5 Å². The van der Waals surface area contributed by atoms with Crippen LogP contribution in [0.25, 0.3) is 0 Å². The van der Waals surface area contributed by atoms with E-state index in [2.05, 4.69) is 4.72 Å². The van der Waals surface area contributed by atoms with E-state index in [1.54, 1.807) is 23.5 Å². The minimum absolute atomic E-state index is 0.0223. The zero-order valence-corrected chi connectivity index (χ0v) is 14.4. The molecule has 2 aromatic carbocycles. The number of carbonyl (C=O) groups is 1. The Bertz CT molecular complexity index is 959. The summed E-state index contributed by atoms with van der Waals surface area (Å²) < 4.78 is 74.0. The van der Waals surface area contributed by atoms with Gasteiger partial charge in [-0.15, -0.1) is 0 Å². The predicted molar refractivity (Wildman–Crippen MR) is 87.7 cm³/mol. The molecule has 1 amide bonds. The lowest BCUT2D eigenvalue weighted by atomic mass is 10.2. The Morgan fingerprint density at radius 2 is 1.70 bits per heavy atom. The number of carbonyl (C=O) groups excluding carboxylic acids is 1. The number of anilines is 1. The van der Waals surface area contributed by atoms with Crippen LogP contribution in [0.15, 0.2) is 47.4 Å². The molecule has 0 saturated carbocycles. The number of sulfonamides is 1. The quantitative estimate of drug-likeness (QED) is 0.801. The minimum Gasteiger partial charge on any atom is -0.454 e. The van der Waals surface area contributed by atoms with Crippen LogP contribution in [-0.4, -0.2) is 27.3 Å². The average molecular weight is 402 g/mol. The van der Waals surface area contributed by atoms with Gasteiger partial charge in [-0.1, -0.05) is 6.07 Å². The Morgan fingerprint density at radius 3 is 2.37 bits per heavy atom. The lowest BCUT2D eigenvalue weighted by molar-refractivity contribution is -0.167. The topological polar surface area (TPSA) is 93.7 Å². The molecule has 0 fully saturated rings. The van der Waals surface area contributed by atoms with E-state index >= 15 is 0 Å². The third-order valence-electron chi connectivity index (χ3n) is 3.58. The van der Waals surface area contributed by atoms with Gasteiger partial charge in [-0.25, -0.2) is 13.1 Å². The van der Waals surface area contributed by atoms with E-state index in [4.69, 9.17) is 9.47 Å². The van der Waals surface area contributed by atoms with Gasteiger partial charge in [0.25, 0.3) is 0 Å². The second kappa shape index (κ2) is 7.08. The first kappa shape index (κ1) is 19.0. The van der Waals surface area contributed by atoms with Crippen molar-refractivity contribution in [3.63, 3.8) is 0 Å². The summed E-state index contributed by atoms with van der Waals surface area (Å²) in [5.41, 5.74) is 0.462. The molecule has 0 atom stereocenters. The number of alkyl halides is 3. The summed E-state index contributed by atoms with van der Waals surface area (Å²) in [6.07, 6.45) is -5.03. The summed E-state index contributed by atoms with van der Waals surface area (Å²) in [4.78, 5) is 10.7. The molecule has 0 aliphatic carbocycles. The second-order valence-electron chi connectivity index (χ2n) is 5.49. The van der Waals surface area contributed by atoms with E-state index in [9.17, 15) is 26.4 Å². The van der Waals surface area contributed by atoms with Crippen LogP contribution in [0.1, 0.15) is 5.56 Å². The van der Waals surface area contributed by atoms with E-state index in [1.165, 1.54) is 0 Å². The normalized spacial score (nSPS) is 13.4. The number of benzene rings is 2. The van der Waals surface area contributed by atoms with Crippen LogP contribution in [0, 0.1) is 0 Å². The molecule has 0 spiro atoms. The molecule has 2 aromatic rings. The van der Waals surface area contributed by atoms with Gasteiger partial charge >= 0.3 is 12.1 Å². The third kappa shape index (κ3) is 4.49. The molecule has 2 N–H and O–H groups in total. The highest BCUT2D eigenvalue weighted by Crippen LogP contribution is 2.32. The monoisotopic (exact) mass is 402 g/mol. The number of hydrogen-bond acceptors (Lipinski definition) is 5. The number of fused-ring (bicyclic) bond motifs is 1. The molecule has 11 heteroatoms. The first-order valence-electron chi connectivity index (χ1n) is 7.51. The van der Waals surface area contributed by atoms with E-state index in [0.29, 0.717) is 17.1 Å². The highest BCUT2D eigenvalue weighted by atomic mass is 32.2. The summed E-state index contributed by atoms with van der Waals surface area (Å²) in [5.74, 6) is -1.06. The predicted octanol–water partition coefficient (Wildman–Crippen LogP) is 2.39. The number of amides is 1. The van der Waals surface area contributed by atoms with Crippen molar-refractivity contribution >= 4 is 21.6 Å². The fourth-order valence-electron chi connectivity index (χ4n) is 2.23. The standard InChI is InChI=1S/C16H13F3N2O5S/c17-16(18,19)15(22)21-11-2-4-12(5-3-11)27(23,24)20-8-10-1-6-13-14(7-10)26-9-25-13/h1-7,20H,8-9H2,(H,21,22). The lowest BCUT2D eigenvalue weighted by Gasteiger charge is -2.10. The fraction of sp³-hybridized carbons (Fsp3) is 0.188. The average Bonchev–Trinajstić information content (AvgIpc) is 3.07. The minimum atomic E-state index is -5.03. The highest BCUT2D eigenvalue weighted by Gasteiger charge is 2.38. The Hall–Kier alpha value is -2.79. The summed E-state index contributed by atoms with van der Waals surface area (Å²) in [6.45, 7) is 0.0767. The van der Waals surface area contributed by atoms with E-state index in [-0.39, 0.29) is 23.9 Å². The van der Waals surface area contributed by atoms with Crippen molar-refractivity contribution in [1.82, 2.24) is 4.72 Å². The van der Waals surface area contributed by atoms with Gasteiger partial charge in [-0.3, -0.25) is 4.79 Å². The molecular weight excluding hydrogens is 389 g/mol. The first-order valence-corrected chi connectivity index (χ1v) is 9.00. The fourth-order valence-corrected chi connectivity index (χ4v) is 3.25. The Kier molecular flexibility index (Phi) is 4.98. The smallest absolute Gasteiger partial charge is 0.454 e. The maximum atomic E-state index is 12.3. The van der Waals surface area contributed by atoms with Gasteiger partial charge in [0.05, 0.1) is 4.90 Å². The number of nitrogens with one attached hydrogen (secondary N) is 2. The molecule has 144 valence electrons. The van der Waals surface area contributed by atoms with Gasteiger partial charge in [-0.05, 0) is 42.0 Å². The Labute approximate surface area is 152 Å². The number of rotatable bonds is 5. The third-order valence-corrected chi connectivity index (χ3v) is 5.00. The molecule has 1 heterocycles. The molecule has 0 bridgehead atoms. The Morgan fingerprint density at radius 1 is 1.04 bits per heavy atom. The SMILES string of the molecule is O=C(Nc1ccc(S(=O)(=O)NCc2ccc3c(c2)OCO3)cc1)C(F)(F)F.